The van der Waals surface area contributed by atoms with Crippen molar-refractivity contribution in [2.75, 3.05) is 12.3 Å². The van der Waals surface area contributed by atoms with E-state index in [1.54, 1.807) is 0 Å². The fourth-order valence-corrected chi connectivity index (χ4v) is 4.62. The number of hydrogen-bond acceptors (Lipinski definition) is 17. The number of aliphatic hydroxyl groups is 1. The Morgan fingerprint density at radius 3 is 2.29 bits per heavy atom. The molecule has 174 valence electrons. The molecule has 0 radical (unpaired) electrons. The molecular weight excluding hydrogens is 520 g/mol. The fourth-order valence-electron chi connectivity index (χ4n) is 2.70. The Morgan fingerprint density at radius 2 is 1.74 bits per heavy atom. The maximum Gasteiger partial charge on any atom is 1.00 e. The number of nitrogens with zero attached hydrogens (tertiary/aromatic N) is 4. The molecule has 1 aliphatic heterocycles. The van der Waals surface area contributed by atoms with Crippen molar-refractivity contribution in [2.45, 2.75) is 24.5 Å². The van der Waals surface area contributed by atoms with Gasteiger partial charge in [-0.1, -0.05) is 0 Å². The van der Waals surface area contributed by atoms with Crippen LogP contribution in [-0.2, 0) is 37.3 Å². The minimum atomic E-state index is -5.70. The van der Waals surface area contributed by atoms with Gasteiger partial charge in [0.2, 0.25) is 10.4 Å². The van der Waals surface area contributed by atoms with Crippen molar-refractivity contribution in [1.82, 2.24) is 19.5 Å². The second kappa shape index (κ2) is 14.3. The SMILES string of the molecule is Nc1ncnc2c1ncn2[C@@H]1O[C@H](COP(=O)([O-])OS(=O)(=O)[O-])C(O)[C@@H]1OP(=O)([O-])[O-].[Li+].[Li+].[Li+].[Li+]. The van der Waals surface area contributed by atoms with Gasteiger partial charge in [0.15, 0.2) is 17.7 Å². The number of nitrogen functional groups attached to an aromatic ring is 1. The number of rotatable bonds is 8. The number of ether oxygens (including phenoxy) is 1. The quantitative estimate of drug-likeness (QED) is 0.138. The minimum absolute atomic E-state index is 0. The molecule has 3 heterocycles. The molecule has 3 N–H and O–H groups in total. The molecule has 1 aliphatic rings. The third kappa shape index (κ3) is 10.1. The number of nitrogens with two attached hydrogens (primary N) is 1. The van der Waals surface area contributed by atoms with Gasteiger partial charge < -0.3 is 48.4 Å². The average molecular weight is 531 g/mol. The summed E-state index contributed by atoms with van der Waals surface area (Å²) in [6.07, 6.45) is -5.19. The molecule has 1 fully saturated rings. The van der Waals surface area contributed by atoms with Gasteiger partial charge in [0.05, 0.1) is 20.8 Å². The van der Waals surface area contributed by atoms with Crippen LogP contribution in [0.15, 0.2) is 12.7 Å². The van der Waals surface area contributed by atoms with Crippen LogP contribution in [0.25, 0.3) is 11.2 Å². The number of phosphoric acid groups is 2. The van der Waals surface area contributed by atoms with E-state index >= 15 is 0 Å². The van der Waals surface area contributed by atoms with E-state index in [0.717, 1.165) is 17.2 Å². The van der Waals surface area contributed by atoms with Crippen LogP contribution in [0.3, 0.4) is 0 Å². The standard InChI is InChI=1S/C10H15N5O13P2S.4Li/c11-8-5-9(13-2-12-8)15(3-14-5)10-7(27-29(17,18)19)6(16)4(26-10)1-25-30(20,21)28-31(22,23)24;;;;/h2-4,6-7,10,16H,1H2,(H,20,21)(H2,11,12,13)(H2,17,18,19)(H,22,23,24);;;;/q;4*+1/p-4/t4-,6?,7+,10-;;;;/m1..../s1. The first-order valence-corrected chi connectivity index (χ1v) is 12.0. The van der Waals surface area contributed by atoms with Crippen molar-refractivity contribution in [3.8, 4) is 0 Å². The minimum Gasteiger partial charge on any atom is -0.790 e. The van der Waals surface area contributed by atoms with Crippen molar-refractivity contribution in [3.05, 3.63) is 12.7 Å². The summed E-state index contributed by atoms with van der Waals surface area (Å²) in [7, 11) is -17.1. The van der Waals surface area contributed by atoms with Crippen LogP contribution in [0, 0.1) is 0 Å². The molecule has 0 spiro atoms. The summed E-state index contributed by atoms with van der Waals surface area (Å²) in [6.45, 7) is -1.15. The van der Waals surface area contributed by atoms with E-state index < -0.39 is 57.2 Å². The van der Waals surface area contributed by atoms with Gasteiger partial charge in [-0.2, -0.15) is 0 Å². The van der Waals surface area contributed by atoms with E-state index in [-0.39, 0.29) is 92.4 Å². The monoisotopic (exact) mass is 531 g/mol. The zero-order valence-corrected chi connectivity index (χ0v) is 21.3. The van der Waals surface area contributed by atoms with Crippen LogP contribution >= 0.6 is 15.6 Å². The Bertz CT molecular complexity index is 1180. The smallest absolute Gasteiger partial charge is 0.790 e. The molecule has 2 aromatic heterocycles. The first-order valence-electron chi connectivity index (χ1n) is 7.76. The number of anilines is 1. The summed E-state index contributed by atoms with van der Waals surface area (Å²) >= 11 is 0. The van der Waals surface area contributed by atoms with Crippen molar-refractivity contribution in [3.63, 3.8) is 0 Å². The van der Waals surface area contributed by atoms with Crippen molar-refractivity contribution >= 4 is 43.0 Å². The van der Waals surface area contributed by atoms with Crippen molar-refractivity contribution in [1.29, 1.82) is 0 Å². The van der Waals surface area contributed by atoms with E-state index in [2.05, 4.69) is 28.0 Å². The summed E-state index contributed by atoms with van der Waals surface area (Å²) in [5, 5.41) is 10.3. The maximum absolute atomic E-state index is 11.4. The molecule has 2 unspecified atom stereocenters. The molecule has 35 heavy (non-hydrogen) atoms. The summed E-state index contributed by atoms with van der Waals surface area (Å²) < 4.78 is 71.8. The van der Waals surface area contributed by atoms with E-state index in [1.165, 1.54) is 0 Å². The second-order valence-corrected chi connectivity index (χ2v) is 9.55. The second-order valence-electron chi connectivity index (χ2n) is 5.88. The molecule has 2 aromatic rings. The fraction of sp³-hybridized carbons (Fsp3) is 0.500. The Hall–Kier alpha value is 0.790. The summed E-state index contributed by atoms with van der Waals surface area (Å²) in [5.74, 6) is -0.0683. The normalized spacial score (nSPS) is 23.8. The molecule has 5 atom stereocenters. The van der Waals surface area contributed by atoms with Crippen LogP contribution < -0.4 is 95.9 Å². The first-order chi connectivity index (χ1) is 14.2. The number of imidazole rings is 1. The zero-order chi connectivity index (χ0) is 23.2. The predicted octanol–water partition coefficient (Wildman–Crippen LogP) is -16.1. The number of aliphatic hydroxyl groups excluding tert-OH is 1. The maximum atomic E-state index is 11.4. The Morgan fingerprint density at radius 1 is 1.14 bits per heavy atom. The van der Waals surface area contributed by atoms with Gasteiger partial charge in [-0.05, 0) is 0 Å². The molecule has 0 bridgehead atoms. The van der Waals surface area contributed by atoms with Crippen LogP contribution in [0.1, 0.15) is 6.23 Å². The topological polar surface area (TPSA) is 287 Å². The van der Waals surface area contributed by atoms with Gasteiger partial charge in [-0.15, -0.1) is 0 Å². The van der Waals surface area contributed by atoms with Gasteiger partial charge >= 0.3 is 75.4 Å². The van der Waals surface area contributed by atoms with Crippen LogP contribution in [-0.4, -0.2) is 62.5 Å². The summed E-state index contributed by atoms with van der Waals surface area (Å²) in [5.41, 5.74) is 5.66. The Balaban J connectivity index is 0. The molecule has 1 saturated heterocycles. The van der Waals surface area contributed by atoms with E-state index in [0.29, 0.717) is 0 Å². The van der Waals surface area contributed by atoms with Crippen LogP contribution in [0.5, 0.6) is 0 Å². The average Bonchev–Trinajstić information content (AvgIpc) is 3.13. The third-order valence-electron chi connectivity index (χ3n) is 3.80. The molecule has 25 heteroatoms. The Labute approximate surface area is 245 Å². The molecular formula is C10H11Li4N5O13P2S. The molecule has 3 rings (SSSR count). The molecule has 18 nitrogen and oxygen atoms in total. The number of aromatic nitrogens is 4. The van der Waals surface area contributed by atoms with E-state index in [9.17, 15) is 41.9 Å². The van der Waals surface area contributed by atoms with Gasteiger partial charge in [0.1, 0.15) is 30.2 Å². The number of fused-ring (bicyclic) bond motifs is 1. The van der Waals surface area contributed by atoms with Crippen LogP contribution in [0.2, 0.25) is 0 Å². The number of hydrogen-bond donors (Lipinski definition) is 2. The largest absolute Gasteiger partial charge is 1.00 e. The zero-order valence-electron chi connectivity index (χ0n) is 18.7. The van der Waals surface area contributed by atoms with Crippen LogP contribution in [0.4, 0.5) is 5.82 Å². The van der Waals surface area contributed by atoms with E-state index in [4.69, 9.17) is 10.5 Å². The van der Waals surface area contributed by atoms with Crippen molar-refractivity contribution in [2.24, 2.45) is 0 Å². The summed E-state index contributed by atoms with van der Waals surface area (Å²) in [6, 6.07) is 0. The Kier molecular flexibility index (Phi) is 15.5. The molecule has 0 aliphatic carbocycles. The molecule has 0 aromatic carbocycles. The molecule has 0 amide bonds. The third-order valence-corrected chi connectivity index (χ3v) is 6.23. The van der Waals surface area contributed by atoms with Gasteiger partial charge in [0.25, 0.3) is 7.82 Å². The van der Waals surface area contributed by atoms with Gasteiger partial charge in [0, 0.05) is 0 Å². The number of phosphoric ester groups is 2. The predicted molar refractivity (Wildman–Crippen MR) is 86.5 cm³/mol. The van der Waals surface area contributed by atoms with Crippen molar-refractivity contribution < 1.29 is 135 Å². The summed E-state index contributed by atoms with van der Waals surface area (Å²) in [4.78, 5) is 45.1. The van der Waals surface area contributed by atoms with E-state index in [1.807, 2.05) is 0 Å². The molecule has 0 saturated carbocycles. The van der Waals surface area contributed by atoms with Gasteiger partial charge in [-0.25, -0.2) is 27.3 Å². The van der Waals surface area contributed by atoms with Gasteiger partial charge in [-0.3, -0.25) is 9.13 Å². The first kappa shape index (κ1) is 37.9.